The van der Waals surface area contributed by atoms with Gasteiger partial charge in [-0.25, -0.2) is 4.39 Å². The summed E-state index contributed by atoms with van der Waals surface area (Å²) < 4.78 is 17.1. The molecule has 7 heteroatoms. The lowest BCUT2D eigenvalue weighted by Crippen LogP contribution is -1.77. The number of nitrogens with zero attached hydrogens (tertiary/aromatic N) is 3. The first kappa shape index (κ1) is 15.2. The zero-order chi connectivity index (χ0) is 15.5. The summed E-state index contributed by atoms with van der Waals surface area (Å²) in [5.74, 6) is -0.248. The Kier molecular flexibility index (Phi) is 6.11. The van der Waals surface area contributed by atoms with E-state index in [2.05, 4.69) is 30.1 Å². The largest absolute Gasteiger partial charge is 0.364 e. The Balaban J connectivity index is 0.000000145. The van der Waals surface area contributed by atoms with Crippen LogP contribution in [-0.2, 0) is 0 Å². The molecule has 6 nitrogen and oxygen atoms in total. The average Bonchev–Trinajstić information content (AvgIpc) is 3.33. The molecular formula is C15H14FN5O. The van der Waals surface area contributed by atoms with Crippen LogP contribution in [0.3, 0.4) is 0 Å². The van der Waals surface area contributed by atoms with E-state index in [0.717, 1.165) is 11.3 Å². The number of nitrogens with one attached hydrogen (secondary N) is 2. The van der Waals surface area contributed by atoms with E-state index in [1.807, 2.05) is 12.1 Å². The predicted molar refractivity (Wildman–Crippen MR) is 79.1 cm³/mol. The zero-order valence-electron chi connectivity index (χ0n) is 11.6. The Morgan fingerprint density at radius 1 is 0.864 bits per heavy atom. The molecule has 112 valence electrons. The van der Waals surface area contributed by atoms with Gasteiger partial charge in [0.2, 0.25) is 0 Å². The van der Waals surface area contributed by atoms with Crippen molar-refractivity contribution in [2.24, 2.45) is 0 Å². The molecule has 0 aliphatic heterocycles. The summed E-state index contributed by atoms with van der Waals surface area (Å²) in [5.41, 5.74) is 1.57. The molecule has 0 aliphatic rings. The topological polar surface area (TPSA) is 83.4 Å². The molecule has 0 spiro atoms. The van der Waals surface area contributed by atoms with Gasteiger partial charge in [0, 0.05) is 36.4 Å². The van der Waals surface area contributed by atoms with Crippen molar-refractivity contribution >= 4 is 0 Å². The van der Waals surface area contributed by atoms with Crippen LogP contribution in [0, 0.1) is 5.82 Å². The van der Waals surface area contributed by atoms with Gasteiger partial charge in [-0.05, 0) is 36.4 Å². The highest BCUT2D eigenvalue weighted by Gasteiger charge is 1.99. The lowest BCUT2D eigenvalue weighted by Gasteiger charge is -1.92. The summed E-state index contributed by atoms with van der Waals surface area (Å²) in [6.45, 7) is 0. The van der Waals surface area contributed by atoms with Crippen molar-refractivity contribution in [3.05, 3.63) is 79.3 Å². The van der Waals surface area contributed by atoms with Crippen LogP contribution >= 0.6 is 0 Å². The minimum absolute atomic E-state index is 0.248. The lowest BCUT2D eigenvalue weighted by atomic mass is 10.1. The van der Waals surface area contributed by atoms with Crippen LogP contribution in [-0.4, -0.2) is 25.6 Å². The second kappa shape index (κ2) is 8.85. The van der Waals surface area contributed by atoms with Crippen molar-refractivity contribution in [3.8, 4) is 11.3 Å². The van der Waals surface area contributed by atoms with E-state index in [1.165, 1.54) is 18.4 Å². The van der Waals surface area contributed by atoms with Crippen molar-refractivity contribution in [1.82, 2.24) is 25.6 Å². The van der Waals surface area contributed by atoms with E-state index >= 15 is 0 Å². The number of hydrogen-bond acceptors (Lipinski definition) is 4. The van der Waals surface area contributed by atoms with E-state index in [1.54, 1.807) is 43.0 Å². The Labute approximate surface area is 126 Å². The molecule has 4 rings (SSSR count). The summed E-state index contributed by atoms with van der Waals surface area (Å²) >= 11 is 0. The number of aromatic nitrogens is 5. The maximum atomic E-state index is 12.5. The second-order valence-corrected chi connectivity index (χ2v) is 3.92. The van der Waals surface area contributed by atoms with Gasteiger partial charge in [0.1, 0.15) is 17.8 Å². The van der Waals surface area contributed by atoms with Crippen LogP contribution in [0.1, 0.15) is 0 Å². The number of benzene rings is 1. The number of halogens is 1. The highest BCUT2D eigenvalue weighted by molar-refractivity contribution is 5.57. The van der Waals surface area contributed by atoms with Gasteiger partial charge in [-0.2, -0.15) is 10.2 Å². The van der Waals surface area contributed by atoms with E-state index in [-0.39, 0.29) is 5.82 Å². The van der Waals surface area contributed by atoms with Crippen LogP contribution < -0.4 is 0 Å². The monoisotopic (exact) mass is 299 g/mol. The molecule has 1 aromatic carbocycles. The van der Waals surface area contributed by atoms with Gasteiger partial charge >= 0.3 is 0 Å². The fraction of sp³-hybridized carbons (Fsp3) is 0. The van der Waals surface area contributed by atoms with E-state index in [4.69, 9.17) is 0 Å². The molecule has 0 saturated heterocycles. The molecule has 3 heterocycles. The molecule has 0 bridgehead atoms. The van der Waals surface area contributed by atoms with Gasteiger partial charge in [0.15, 0.2) is 0 Å². The number of hydrogen-bond donors (Lipinski definition) is 2. The molecule has 22 heavy (non-hydrogen) atoms. The van der Waals surface area contributed by atoms with Crippen LogP contribution in [0.4, 0.5) is 4.39 Å². The molecule has 0 unspecified atom stereocenters. The molecule has 0 atom stereocenters. The van der Waals surface area contributed by atoms with Gasteiger partial charge in [-0.15, -0.1) is 0 Å². The highest BCUT2D eigenvalue weighted by Crippen LogP contribution is 2.16. The Hall–Kier alpha value is -3.22. The number of aromatic amines is 2. The first-order valence-electron chi connectivity index (χ1n) is 6.40. The van der Waals surface area contributed by atoms with Gasteiger partial charge < -0.3 is 4.52 Å². The van der Waals surface area contributed by atoms with Crippen molar-refractivity contribution < 1.29 is 8.91 Å². The fourth-order valence-electron chi connectivity index (χ4n) is 1.41. The highest BCUT2D eigenvalue weighted by atomic mass is 19.1. The van der Waals surface area contributed by atoms with Crippen LogP contribution in [0.15, 0.2) is 78.0 Å². The van der Waals surface area contributed by atoms with Crippen molar-refractivity contribution in [1.29, 1.82) is 0 Å². The smallest absolute Gasteiger partial charge is 0.124 e. The minimum Gasteiger partial charge on any atom is -0.364 e. The SMILES string of the molecule is Fc1ccc(-c2ccon2)cc1.c1cn[nH]c1.c1cn[nH]c1. The maximum absolute atomic E-state index is 12.5. The van der Waals surface area contributed by atoms with Crippen molar-refractivity contribution in [2.75, 3.05) is 0 Å². The first-order valence-corrected chi connectivity index (χ1v) is 6.40. The van der Waals surface area contributed by atoms with Crippen molar-refractivity contribution in [2.45, 2.75) is 0 Å². The van der Waals surface area contributed by atoms with Gasteiger partial charge in [-0.3, -0.25) is 10.2 Å². The molecule has 4 aromatic rings. The third-order valence-corrected chi connectivity index (χ3v) is 2.39. The quantitative estimate of drug-likeness (QED) is 0.565. The molecule has 3 aromatic heterocycles. The lowest BCUT2D eigenvalue weighted by molar-refractivity contribution is 0.422. The summed E-state index contributed by atoms with van der Waals surface area (Å²) in [6, 6.07) is 11.5. The summed E-state index contributed by atoms with van der Waals surface area (Å²) in [5, 5.41) is 16.1. The van der Waals surface area contributed by atoms with Gasteiger partial charge in [0.25, 0.3) is 0 Å². The Morgan fingerprint density at radius 2 is 1.50 bits per heavy atom. The number of H-pyrrole nitrogens is 2. The molecule has 0 fully saturated rings. The molecule has 0 saturated carbocycles. The average molecular weight is 299 g/mol. The Bertz CT molecular complexity index is 630. The molecule has 0 radical (unpaired) electrons. The summed E-state index contributed by atoms with van der Waals surface area (Å²) in [6.07, 6.45) is 8.40. The minimum atomic E-state index is -0.248. The van der Waals surface area contributed by atoms with Gasteiger partial charge in [-0.1, -0.05) is 5.16 Å². The molecule has 2 N–H and O–H groups in total. The standard InChI is InChI=1S/C9H6FNO.2C3H4N2/c10-8-3-1-7(2-4-8)9-5-6-12-11-9;2*1-2-4-5-3-1/h1-6H;2*1-3H,(H,4,5). The first-order chi connectivity index (χ1) is 10.9. The third-order valence-electron chi connectivity index (χ3n) is 2.39. The van der Waals surface area contributed by atoms with E-state index in [9.17, 15) is 4.39 Å². The summed E-state index contributed by atoms with van der Waals surface area (Å²) in [4.78, 5) is 0. The maximum Gasteiger partial charge on any atom is 0.124 e. The molecule has 0 aliphatic carbocycles. The van der Waals surface area contributed by atoms with Crippen LogP contribution in [0.5, 0.6) is 0 Å². The predicted octanol–water partition coefficient (Wildman–Crippen LogP) is 3.30. The van der Waals surface area contributed by atoms with Gasteiger partial charge in [0.05, 0.1) is 0 Å². The third kappa shape index (κ3) is 5.41. The molecular weight excluding hydrogens is 285 g/mol. The van der Waals surface area contributed by atoms with E-state index in [0.29, 0.717) is 0 Å². The summed E-state index contributed by atoms with van der Waals surface area (Å²) in [7, 11) is 0. The zero-order valence-corrected chi connectivity index (χ0v) is 11.6. The molecule has 0 amide bonds. The van der Waals surface area contributed by atoms with Crippen LogP contribution in [0.25, 0.3) is 11.3 Å². The second-order valence-electron chi connectivity index (χ2n) is 3.92. The van der Waals surface area contributed by atoms with Crippen molar-refractivity contribution in [3.63, 3.8) is 0 Å². The number of rotatable bonds is 1. The van der Waals surface area contributed by atoms with E-state index < -0.39 is 0 Å². The Morgan fingerprint density at radius 3 is 1.86 bits per heavy atom. The van der Waals surface area contributed by atoms with Crippen LogP contribution in [0.2, 0.25) is 0 Å². The normalized spacial score (nSPS) is 9.14. The fourth-order valence-corrected chi connectivity index (χ4v) is 1.41.